The Hall–Kier alpha value is -3.71. The molecule has 0 saturated carbocycles. The van der Waals surface area contributed by atoms with E-state index in [4.69, 9.17) is 9.84 Å². The van der Waals surface area contributed by atoms with Gasteiger partial charge in [0.05, 0.1) is 23.4 Å². The van der Waals surface area contributed by atoms with E-state index in [9.17, 15) is 0 Å². The number of aryl methyl sites for hydroxylation is 1. The van der Waals surface area contributed by atoms with Crippen LogP contribution in [0.2, 0.25) is 0 Å². The lowest BCUT2D eigenvalue weighted by Crippen LogP contribution is -2.22. The standard InChI is InChI=1S/C29H31N5OS/c1-18-12-14-19(15-13-18)22-16-20(36-28(22)33(5)6)17-23-25(29(2,3)4)32-34-26(30-31-27(23)34)21-10-8-9-11-24(21)35-7/h8-17H,1-7H3/b23-17-. The molecule has 0 atom stereocenters. The van der Waals surface area contributed by atoms with E-state index in [0.29, 0.717) is 5.82 Å². The Kier molecular flexibility index (Phi) is 6.04. The lowest BCUT2D eigenvalue weighted by molar-refractivity contribution is 0.416. The number of aromatic nitrogens is 4. The van der Waals surface area contributed by atoms with Crippen molar-refractivity contribution < 1.29 is 4.74 Å². The lowest BCUT2D eigenvalue weighted by atomic mass is 9.91. The fourth-order valence-electron chi connectivity index (χ4n) is 4.37. The van der Waals surface area contributed by atoms with Crippen LogP contribution >= 0.6 is 11.3 Å². The molecule has 0 spiro atoms. The molecule has 0 aliphatic carbocycles. The number of thiophene rings is 1. The highest BCUT2D eigenvalue weighted by Gasteiger charge is 2.25. The Balaban J connectivity index is 1.73. The molecule has 36 heavy (non-hydrogen) atoms. The van der Waals surface area contributed by atoms with E-state index in [0.717, 1.165) is 32.7 Å². The maximum Gasteiger partial charge on any atom is 0.189 e. The molecule has 0 aliphatic rings. The van der Waals surface area contributed by atoms with Crippen LogP contribution in [0.5, 0.6) is 5.75 Å². The van der Waals surface area contributed by atoms with Crippen LogP contribution in [0.25, 0.3) is 34.2 Å². The summed E-state index contributed by atoms with van der Waals surface area (Å²) in [5.74, 6) is 1.42. The molecule has 0 aliphatic heterocycles. The van der Waals surface area contributed by atoms with Crippen molar-refractivity contribution in [3.8, 4) is 28.3 Å². The summed E-state index contributed by atoms with van der Waals surface area (Å²) in [5, 5.41) is 16.3. The van der Waals surface area contributed by atoms with Crippen molar-refractivity contribution in [2.45, 2.75) is 33.1 Å². The second-order valence-electron chi connectivity index (χ2n) is 10.2. The Morgan fingerprint density at radius 1 is 0.972 bits per heavy atom. The summed E-state index contributed by atoms with van der Waals surface area (Å²) < 4.78 is 7.44. The molecule has 3 aromatic heterocycles. The second kappa shape index (κ2) is 9.06. The molecule has 0 saturated heterocycles. The summed E-state index contributed by atoms with van der Waals surface area (Å²) in [4.78, 5) is 3.33. The molecule has 184 valence electrons. The van der Waals surface area contributed by atoms with E-state index >= 15 is 0 Å². The molecule has 0 fully saturated rings. The van der Waals surface area contributed by atoms with Crippen LogP contribution in [-0.2, 0) is 5.41 Å². The highest BCUT2D eigenvalue weighted by atomic mass is 32.1. The van der Waals surface area contributed by atoms with Gasteiger partial charge in [-0.2, -0.15) is 9.61 Å². The van der Waals surface area contributed by atoms with Gasteiger partial charge in [0.25, 0.3) is 0 Å². The van der Waals surface area contributed by atoms with E-state index in [2.05, 4.69) is 93.3 Å². The molecule has 0 radical (unpaired) electrons. The average molecular weight is 498 g/mol. The summed E-state index contributed by atoms with van der Waals surface area (Å²) in [7, 11) is 5.85. The van der Waals surface area contributed by atoms with Gasteiger partial charge in [0, 0.05) is 35.2 Å². The Labute approximate surface area is 215 Å². The number of benzene rings is 2. The number of anilines is 1. The molecule has 0 amide bonds. The van der Waals surface area contributed by atoms with Crippen molar-refractivity contribution in [2.24, 2.45) is 0 Å². The van der Waals surface area contributed by atoms with Crippen LogP contribution in [0.1, 0.15) is 36.9 Å². The van der Waals surface area contributed by atoms with Gasteiger partial charge in [0.1, 0.15) is 5.75 Å². The summed E-state index contributed by atoms with van der Waals surface area (Å²) in [6, 6.07) is 18.8. The monoisotopic (exact) mass is 497 g/mol. The van der Waals surface area contributed by atoms with Crippen molar-refractivity contribution in [3.05, 3.63) is 76.0 Å². The number of hydrogen-bond acceptors (Lipinski definition) is 6. The smallest absolute Gasteiger partial charge is 0.189 e. The highest BCUT2D eigenvalue weighted by Crippen LogP contribution is 2.39. The van der Waals surface area contributed by atoms with Gasteiger partial charge in [-0.05, 0) is 36.8 Å². The van der Waals surface area contributed by atoms with E-state index in [1.807, 2.05) is 28.8 Å². The van der Waals surface area contributed by atoms with Gasteiger partial charge in [-0.15, -0.1) is 21.5 Å². The van der Waals surface area contributed by atoms with Crippen LogP contribution in [0.15, 0.2) is 54.6 Å². The third-order valence-electron chi connectivity index (χ3n) is 6.18. The van der Waals surface area contributed by atoms with Gasteiger partial charge in [0.2, 0.25) is 0 Å². The van der Waals surface area contributed by atoms with Crippen molar-refractivity contribution in [2.75, 3.05) is 26.1 Å². The first-order valence-corrected chi connectivity index (χ1v) is 12.8. The molecule has 0 unspecified atom stereocenters. The van der Waals surface area contributed by atoms with Crippen LogP contribution in [0.3, 0.4) is 0 Å². The third kappa shape index (κ3) is 4.24. The summed E-state index contributed by atoms with van der Waals surface area (Å²) >= 11 is 1.77. The van der Waals surface area contributed by atoms with Gasteiger partial charge in [-0.1, -0.05) is 62.7 Å². The van der Waals surface area contributed by atoms with E-state index in [-0.39, 0.29) is 5.41 Å². The second-order valence-corrected chi connectivity index (χ2v) is 11.3. The SMILES string of the molecule is COc1ccccc1-c1nnc2/c(=C\c3cc(-c4ccc(C)cc4)c(N(C)C)s3)c(C(C)(C)C)nn12. The normalized spacial score (nSPS) is 12.5. The third-order valence-corrected chi connectivity index (χ3v) is 7.43. The topological polar surface area (TPSA) is 55.6 Å². The minimum absolute atomic E-state index is 0.175. The molecular formula is C29H31N5OS. The first kappa shape index (κ1) is 24.0. The van der Waals surface area contributed by atoms with Crippen LogP contribution in [0.4, 0.5) is 5.00 Å². The maximum atomic E-state index is 5.59. The van der Waals surface area contributed by atoms with Gasteiger partial charge >= 0.3 is 0 Å². The summed E-state index contributed by atoms with van der Waals surface area (Å²) in [6.45, 7) is 8.65. The van der Waals surface area contributed by atoms with Crippen molar-refractivity contribution in [1.82, 2.24) is 19.8 Å². The summed E-state index contributed by atoms with van der Waals surface area (Å²) in [5.41, 5.74) is 6.11. The van der Waals surface area contributed by atoms with E-state index in [1.54, 1.807) is 18.4 Å². The molecule has 6 nitrogen and oxygen atoms in total. The first-order valence-electron chi connectivity index (χ1n) is 12.0. The largest absolute Gasteiger partial charge is 0.496 e. The number of hydrogen-bond donors (Lipinski definition) is 0. The van der Waals surface area contributed by atoms with Gasteiger partial charge in [-0.3, -0.25) is 0 Å². The van der Waals surface area contributed by atoms with Gasteiger partial charge in [0.15, 0.2) is 11.5 Å². The number of para-hydroxylation sites is 1. The number of fused-ring (bicyclic) bond motifs is 1. The fraction of sp³-hybridized carbons (Fsp3) is 0.276. The maximum absolute atomic E-state index is 5.59. The molecule has 0 bridgehead atoms. The zero-order valence-corrected chi connectivity index (χ0v) is 22.6. The minimum Gasteiger partial charge on any atom is -0.496 e. The predicted octanol–water partition coefficient (Wildman–Crippen LogP) is 5.75. The predicted molar refractivity (Wildman–Crippen MR) is 149 cm³/mol. The Morgan fingerprint density at radius 2 is 1.69 bits per heavy atom. The molecule has 7 heteroatoms. The zero-order valence-electron chi connectivity index (χ0n) is 21.8. The Morgan fingerprint density at radius 3 is 2.36 bits per heavy atom. The Bertz CT molecular complexity index is 1590. The molecule has 2 aromatic carbocycles. The fourth-order valence-corrected chi connectivity index (χ4v) is 5.42. The first-order chi connectivity index (χ1) is 17.2. The van der Waals surface area contributed by atoms with Crippen molar-refractivity contribution in [1.29, 1.82) is 0 Å². The van der Waals surface area contributed by atoms with Crippen molar-refractivity contribution >= 4 is 28.1 Å². The van der Waals surface area contributed by atoms with Crippen LogP contribution < -0.4 is 14.9 Å². The number of nitrogens with zero attached hydrogens (tertiary/aromatic N) is 5. The van der Waals surface area contributed by atoms with E-state index in [1.165, 1.54) is 21.7 Å². The molecule has 5 rings (SSSR count). The van der Waals surface area contributed by atoms with Gasteiger partial charge < -0.3 is 9.64 Å². The van der Waals surface area contributed by atoms with Crippen molar-refractivity contribution in [3.63, 3.8) is 0 Å². The molecule has 3 heterocycles. The number of rotatable bonds is 5. The number of methoxy groups -OCH3 is 1. The molecule has 5 aromatic rings. The zero-order chi connectivity index (χ0) is 25.6. The van der Waals surface area contributed by atoms with Crippen LogP contribution in [0, 0.1) is 6.92 Å². The minimum atomic E-state index is -0.175. The van der Waals surface area contributed by atoms with Gasteiger partial charge in [-0.25, -0.2) is 0 Å². The lowest BCUT2D eigenvalue weighted by Gasteiger charge is -2.14. The molecular weight excluding hydrogens is 466 g/mol. The quantitative estimate of drug-likeness (QED) is 0.310. The number of ether oxygens (including phenoxy) is 1. The van der Waals surface area contributed by atoms with Crippen LogP contribution in [-0.4, -0.2) is 41.0 Å². The molecule has 0 N–H and O–H groups in total. The van der Waals surface area contributed by atoms with E-state index < -0.39 is 0 Å². The highest BCUT2D eigenvalue weighted by molar-refractivity contribution is 7.17. The summed E-state index contributed by atoms with van der Waals surface area (Å²) in [6.07, 6.45) is 2.21. The average Bonchev–Trinajstić information content (AvgIpc) is 3.54.